The van der Waals surface area contributed by atoms with E-state index in [4.69, 9.17) is 5.73 Å². The summed E-state index contributed by atoms with van der Waals surface area (Å²) in [6, 6.07) is 2.02. The Morgan fingerprint density at radius 2 is 2.45 bits per heavy atom. The topological polar surface area (TPSA) is 89.9 Å². The van der Waals surface area contributed by atoms with Crippen molar-refractivity contribution in [3.63, 3.8) is 0 Å². The van der Waals surface area contributed by atoms with Gasteiger partial charge in [0.25, 0.3) is 0 Å². The lowest BCUT2D eigenvalue weighted by Crippen LogP contribution is -2.27. The second-order valence-corrected chi connectivity index (χ2v) is 5.87. The van der Waals surface area contributed by atoms with E-state index in [0.717, 1.165) is 5.56 Å². The van der Waals surface area contributed by atoms with Crippen molar-refractivity contribution in [1.29, 1.82) is 0 Å². The van der Waals surface area contributed by atoms with Crippen molar-refractivity contribution in [1.82, 2.24) is 25.1 Å². The lowest BCUT2D eigenvalue weighted by atomic mass is 10.3. The number of thioether (sulfide) groups is 1. The smallest absolute Gasteiger partial charge is 0.233 e. The maximum absolute atomic E-state index is 12.0. The minimum absolute atomic E-state index is 0.0449. The van der Waals surface area contributed by atoms with Crippen LogP contribution < -0.4 is 5.73 Å². The van der Waals surface area contributed by atoms with Gasteiger partial charge in [-0.15, -0.1) is 5.10 Å². The zero-order valence-corrected chi connectivity index (χ0v) is 12.7. The molecule has 2 aromatic rings. The highest BCUT2D eigenvalue weighted by atomic mass is 32.2. The molecule has 7 nitrogen and oxygen atoms in total. The third-order valence-corrected chi connectivity index (χ3v) is 4.26. The molecule has 108 valence electrons. The second kappa shape index (κ2) is 7.36. The molecule has 9 heteroatoms. The number of thiophene rings is 1. The Balaban J connectivity index is 1.83. The molecule has 0 radical (unpaired) electrons. The highest BCUT2D eigenvalue weighted by molar-refractivity contribution is 7.99. The van der Waals surface area contributed by atoms with Gasteiger partial charge >= 0.3 is 0 Å². The summed E-state index contributed by atoms with van der Waals surface area (Å²) in [6.07, 6.45) is 0. The molecule has 0 aromatic carbocycles. The lowest BCUT2D eigenvalue weighted by Gasteiger charge is -2.15. The standard InChI is InChI=1S/C11H16N6OS2/c1-16(6-9-2-5-19-7-9)10(18)8-20-11-13-14-15-17(11)4-3-12/h2,5,7H,3-4,6,8,12H2,1H3. The number of rotatable bonds is 7. The van der Waals surface area contributed by atoms with Gasteiger partial charge in [0, 0.05) is 20.1 Å². The average Bonchev–Trinajstić information content (AvgIpc) is 3.08. The Labute approximate surface area is 125 Å². The van der Waals surface area contributed by atoms with E-state index in [-0.39, 0.29) is 5.91 Å². The average molecular weight is 312 g/mol. The summed E-state index contributed by atoms with van der Waals surface area (Å²) in [4.78, 5) is 13.7. The first-order chi connectivity index (χ1) is 9.70. The van der Waals surface area contributed by atoms with Crippen LogP contribution in [0.25, 0.3) is 0 Å². The summed E-state index contributed by atoms with van der Waals surface area (Å²) >= 11 is 2.95. The molecule has 0 spiro atoms. The normalized spacial score (nSPS) is 10.7. The zero-order chi connectivity index (χ0) is 14.4. The largest absolute Gasteiger partial charge is 0.341 e. The van der Waals surface area contributed by atoms with Gasteiger partial charge in [0.1, 0.15) is 0 Å². The number of carbonyl (C=O) groups is 1. The van der Waals surface area contributed by atoms with Crippen LogP contribution in [0, 0.1) is 0 Å². The zero-order valence-electron chi connectivity index (χ0n) is 11.1. The summed E-state index contributed by atoms with van der Waals surface area (Å²) < 4.78 is 1.61. The van der Waals surface area contributed by atoms with Crippen LogP contribution in [0.3, 0.4) is 0 Å². The molecule has 0 bridgehead atoms. The fourth-order valence-corrected chi connectivity index (χ4v) is 3.05. The number of carbonyl (C=O) groups excluding carboxylic acids is 1. The molecule has 0 atom stereocenters. The fraction of sp³-hybridized carbons (Fsp3) is 0.455. The van der Waals surface area contributed by atoms with E-state index in [2.05, 4.69) is 15.5 Å². The Kier molecular flexibility index (Phi) is 5.50. The van der Waals surface area contributed by atoms with Gasteiger partial charge < -0.3 is 10.6 Å². The van der Waals surface area contributed by atoms with E-state index in [9.17, 15) is 4.79 Å². The van der Waals surface area contributed by atoms with E-state index in [0.29, 0.717) is 30.5 Å². The van der Waals surface area contributed by atoms with Crippen molar-refractivity contribution in [3.05, 3.63) is 22.4 Å². The minimum Gasteiger partial charge on any atom is -0.341 e. The van der Waals surface area contributed by atoms with Gasteiger partial charge in [0.05, 0.1) is 12.3 Å². The Hall–Kier alpha value is -1.45. The van der Waals surface area contributed by atoms with Crippen molar-refractivity contribution >= 4 is 29.0 Å². The quantitative estimate of drug-likeness (QED) is 0.746. The van der Waals surface area contributed by atoms with Gasteiger partial charge in [-0.25, -0.2) is 4.68 Å². The molecule has 2 aromatic heterocycles. The maximum atomic E-state index is 12.0. The predicted molar refractivity (Wildman–Crippen MR) is 78.4 cm³/mol. The van der Waals surface area contributed by atoms with Crippen molar-refractivity contribution in [2.45, 2.75) is 18.2 Å². The number of tetrazole rings is 1. The van der Waals surface area contributed by atoms with Crippen LogP contribution in [0.2, 0.25) is 0 Å². The molecule has 0 saturated carbocycles. The van der Waals surface area contributed by atoms with Crippen LogP contribution in [0.1, 0.15) is 5.56 Å². The summed E-state index contributed by atoms with van der Waals surface area (Å²) in [5.41, 5.74) is 6.61. The number of nitrogens with two attached hydrogens (primary N) is 1. The van der Waals surface area contributed by atoms with E-state index in [1.54, 1.807) is 28.0 Å². The third-order valence-electron chi connectivity index (χ3n) is 2.59. The summed E-state index contributed by atoms with van der Waals surface area (Å²) in [7, 11) is 1.80. The summed E-state index contributed by atoms with van der Waals surface area (Å²) in [5, 5.41) is 16.0. The Bertz CT molecular complexity index is 541. The van der Waals surface area contributed by atoms with Crippen molar-refractivity contribution in [2.24, 2.45) is 5.73 Å². The van der Waals surface area contributed by atoms with E-state index < -0.39 is 0 Å². The number of hydrogen-bond acceptors (Lipinski definition) is 7. The van der Waals surface area contributed by atoms with Gasteiger partial charge in [0.15, 0.2) is 0 Å². The second-order valence-electron chi connectivity index (χ2n) is 4.14. The molecular weight excluding hydrogens is 296 g/mol. The monoisotopic (exact) mass is 312 g/mol. The minimum atomic E-state index is 0.0449. The van der Waals surface area contributed by atoms with Crippen molar-refractivity contribution in [3.8, 4) is 0 Å². The summed E-state index contributed by atoms with van der Waals surface area (Å²) in [6.45, 7) is 1.63. The van der Waals surface area contributed by atoms with E-state index in [1.165, 1.54) is 11.8 Å². The first-order valence-corrected chi connectivity index (χ1v) is 7.97. The van der Waals surface area contributed by atoms with Gasteiger partial charge in [0.2, 0.25) is 11.1 Å². The third kappa shape index (κ3) is 4.02. The highest BCUT2D eigenvalue weighted by Crippen LogP contribution is 2.15. The van der Waals surface area contributed by atoms with E-state index >= 15 is 0 Å². The molecule has 1 amide bonds. The fourth-order valence-electron chi connectivity index (χ4n) is 1.54. The van der Waals surface area contributed by atoms with Gasteiger partial charge in [-0.1, -0.05) is 11.8 Å². The molecule has 2 heterocycles. The maximum Gasteiger partial charge on any atom is 0.233 e. The molecule has 0 fully saturated rings. The van der Waals surface area contributed by atoms with Crippen LogP contribution in [0.15, 0.2) is 22.0 Å². The Morgan fingerprint density at radius 3 is 3.15 bits per heavy atom. The number of aromatic nitrogens is 4. The molecule has 0 unspecified atom stereocenters. The Morgan fingerprint density at radius 1 is 1.60 bits per heavy atom. The lowest BCUT2D eigenvalue weighted by molar-refractivity contribution is -0.127. The number of amides is 1. The number of nitrogens with zero attached hydrogens (tertiary/aromatic N) is 5. The highest BCUT2D eigenvalue weighted by Gasteiger charge is 2.13. The molecule has 20 heavy (non-hydrogen) atoms. The van der Waals surface area contributed by atoms with Crippen LogP contribution in [0.4, 0.5) is 0 Å². The predicted octanol–water partition coefficient (Wildman–Crippen LogP) is 0.444. The first-order valence-electron chi connectivity index (χ1n) is 6.04. The molecule has 0 aliphatic rings. The van der Waals surface area contributed by atoms with Gasteiger partial charge in [-0.3, -0.25) is 4.79 Å². The van der Waals surface area contributed by atoms with Crippen LogP contribution in [-0.4, -0.2) is 50.4 Å². The first kappa shape index (κ1) is 14.9. The molecule has 2 N–H and O–H groups in total. The molecule has 0 aliphatic heterocycles. The van der Waals surface area contributed by atoms with Crippen molar-refractivity contribution in [2.75, 3.05) is 19.3 Å². The van der Waals surface area contributed by atoms with Crippen LogP contribution >= 0.6 is 23.1 Å². The summed E-state index contributed by atoms with van der Waals surface area (Å²) in [5.74, 6) is 0.356. The molecule has 0 saturated heterocycles. The van der Waals surface area contributed by atoms with Crippen LogP contribution in [-0.2, 0) is 17.9 Å². The van der Waals surface area contributed by atoms with Crippen molar-refractivity contribution < 1.29 is 4.79 Å². The SMILES string of the molecule is CN(Cc1ccsc1)C(=O)CSc1nnnn1CCN. The van der Waals surface area contributed by atoms with Crippen LogP contribution in [0.5, 0.6) is 0 Å². The van der Waals surface area contributed by atoms with Gasteiger partial charge in [-0.2, -0.15) is 11.3 Å². The molecule has 0 aliphatic carbocycles. The van der Waals surface area contributed by atoms with Gasteiger partial charge in [-0.05, 0) is 32.8 Å². The molecular formula is C11H16N6OS2. The molecule has 2 rings (SSSR count). The van der Waals surface area contributed by atoms with E-state index in [1.807, 2.05) is 16.8 Å². The number of hydrogen-bond donors (Lipinski definition) is 1.